The van der Waals surface area contributed by atoms with E-state index in [4.69, 9.17) is 0 Å². The van der Waals surface area contributed by atoms with Crippen molar-refractivity contribution in [3.8, 4) is 0 Å². The molecular weight excluding hydrogens is 256 g/mol. The Balaban J connectivity index is 2.30. The van der Waals surface area contributed by atoms with Gasteiger partial charge in [-0.15, -0.1) is 0 Å². The zero-order valence-electron chi connectivity index (χ0n) is 8.37. The van der Waals surface area contributed by atoms with E-state index in [-0.39, 0.29) is 5.91 Å². The van der Waals surface area contributed by atoms with Gasteiger partial charge in [-0.05, 0) is 25.0 Å². The second-order valence-corrected chi connectivity index (χ2v) is 4.07. The smallest absolute Gasteiger partial charge is 0.237 e. The minimum Gasteiger partial charge on any atom is -0.363 e. The molecule has 0 saturated heterocycles. The Morgan fingerprint density at radius 3 is 3.20 bits per heavy atom. The molecule has 0 aromatic carbocycles. The number of alkyl halides is 1. The SMILES string of the molecule is O=C(CBr)N1CCCC2=C1C=CC=CN2. The van der Waals surface area contributed by atoms with Crippen LogP contribution in [-0.2, 0) is 4.79 Å². The van der Waals surface area contributed by atoms with E-state index in [1.807, 2.05) is 29.3 Å². The van der Waals surface area contributed by atoms with Crippen LogP contribution in [0.3, 0.4) is 0 Å². The highest BCUT2D eigenvalue weighted by molar-refractivity contribution is 9.09. The van der Waals surface area contributed by atoms with Gasteiger partial charge in [0.25, 0.3) is 0 Å². The number of carbonyl (C=O) groups is 1. The Kier molecular flexibility index (Phi) is 3.26. The number of nitrogens with one attached hydrogen (secondary N) is 1. The summed E-state index contributed by atoms with van der Waals surface area (Å²) in [6.07, 6.45) is 9.82. The number of carbonyl (C=O) groups excluding carboxylic acids is 1. The maximum absolute atomic E-state index is 11.7. The Hall–Kier alpha value is -1.03. The molecule has 80 valence electrons. The number of nitrogens with zero attached hydrogens (tertiary/aromatic N) is 1. The summed E-state index contributed by atoms with van der Waals surface area (Å²) in [5.41, 5.74) is 2.15. The van der Waals surface area contributed by atoms with E-state index < -0.39 is 0 Å². The fourth-order valence-corrected chi connectivity index (χ4v) is 2.15. The van der Waals surface area contributed by atoms with E-state index in [1.165, 1.54) is 0 Å². The van der Waals surface area contributed by atoms with Gasteiger partial charge >= 0.3 is 0 Å². The van der Waals surface area contributed by atoms with Crippen LogP contribution in [0.15, 0.2) is 35.8 Å². The zero-order valence-corrected chi connectivity index (χ0v) is 9.96. The molecule has 0 aromatic heterocycles. The third-order valence-electron chi connectivity index (χ3n) is 2.54. The molecule has 0 unspecified atom stereocenters. The van der Waals surface area contributed by atoms with Crippen LogP contribution < -0.4 is 5.32 Å². The van der Waals surface area contributed by atoms with Gasteiger partial charge in [-0.25, -0.2) is 0 Å². The number of allylic oxidation sites excluding steroid dienone is 4. The quantitative estimate of drug-likeness (QED) is 0.737. The first-order chi connectivity index (χ1) is 7.33. The van der Waals surface area contributed by atoms with Crippen molar-refractivity contribution in [1.82, 2.24) is 10.2 Å². The highest BCUT2D eigenvalue weighted by Crippen LogP contribution is 2.23. The van der Waals surface area contributed by atoms with Gasteiger partial charge in [0.15, 0.2) is 0 Å². The van der Waals surface area contributed by atoms with Gasteiger partial charge in [0, 0.05) is 18.4 Å². The molecule has 0 aliphatic carbocycles. The van der Waals surface area contributed by atoms with Gasteiger partial charge in [0.1, 0.15) is 0 Å². The van der Waals surface area contributed by atoms with Crippen molar-refractivity contribution in [2.75, 3.05) is 11.9 Å². The van der Waals surface area contributed by atoms with Crippen LogP contribution in [0, 0.1) is 0 Å². The van der Waals surface area contributed by atoms with Crippen LogP contribution in [0.1, 0.15) is 12.8 Å². The van der Waals surface area contributed by atoms with Gasteiger partial charge in [0.2, 0.25) is 5.91 Å². The molecular formula is C11H13BrN2O. The predicted molar refractivity (Wildman–Crippen MR) is 63.2 cm³/mol. The van der Waals surface area contributed by atoms with Gasteiger partial charge in [-0.2, -0.15) is 0 Å². The average molecular weight is 269 g/mol. The van der Waals surface area contributed by atoms with E-state index in [0.717, 1.165) is 30.8 Å². The Bertz CT molecular complexity index is 358. The highest BCUT2D eigenvalue weighted by atomic mass is 79.9. The molecule has 0 bridgehead atoms. The fraction of sp³-hybridized carbons (Fsp3) is 0.364. The summed E-state index contributed by atoms with van der Waals surface area (Å²) in [4.78, 5) is 13.5. The molecule has 2 aliphatic rings. The summed E-state index contributed by atoms with van der Waals surface area (Å²) in [7, 11) is 0. The summed E-state index contributed by atoms with van der Waals surface area (Å²) in [5, 5.41) is 3.60. The Labute approximate surface area is 97.6 Å². The topological polar surface area (TPSA) is 32.3 Å². The molecule has 15 heavy (non-hydrogen) atoms. The van der Waals surface area contributed by atoms with Crippen molar-refractivity contribution in [2.24, 2.45) is 0 Å². The third-order valence-corrected chi connectivity index (χ3v) is 3.02. The number of halogens is 1. The molecule has 1 N–H and O–H groups in total. The predicted octanol–water partition coefficient (Wildman–Crippen LogP) is 1.89. The molecule has 0 atom stereocenters. The first-order valence-electron chi connectivity index (χ1n) is 5.02. The van der Waals surface area contributed by atoms with Gasteiger partial charge in [-0.1, -0.05) is 22.0 Å². The lowest BCUT2D eigenvalue weighted by Gasteiger charge is -2.29. The summed E-state index contributed by atoms with van der Waals surface area (Å²) >= 11 is 3.21. The zero-order chi connectivity index (χ0) is 10.7. The third kappa shape index (κ3) is 2.15. The summed E-state index contributed by atoms with van der Waals surface area (Å²) in [6, 6.07) is 0. The van der Waals surface area contributed by atoms with E-state index in [9.17, 15) is 4.79 Å². The lowest BCUT2D eigenvalue weighted by atomic mass is 10.1. The van der Waals surface area contributed by atoms with Crippen LogP contribution in [0.2, 0.25) is 0 Å². The maximum Gasteiger partial charge on any atom is 0.237 e. The van der Waals surface area contributed by atoms with Crippen molar-refractivity contribution >= 4 is 21.8 Å². The van der Waals surface area contributed by atoms with Gasteiger partial charge in [-0.3, -0.25) is 4.79 Å². The van der Waals surface area contributed by atoms with E-state index >= 15 is 0 Å². The van der Waals surface area contributed by atoms with Crippen LogP contribution >= 0.6 is 15.9 Å². The lowest BCUT2D eigenvalue weighted by molar-refractivity contribution is -0.126. The molecule has 0 saturated carbocycles. The van der Waals surface area contributed by atoms with Gasteiger partial charge in [0.05, 0.1) is 11.0 Å². The molecule has 1 amide bonds. The van der Waals surface area contributed by atoms with E-state index in [2.05, 4.69) is 21.2 Å². The van der Waals surface area contributed by atoms with Crippen molar-refractivity contribution in [1.29, 1.82) is 0 Å². The van der Waals surface area contributed by atoms with Crippen molar-refractivity contribution in [2.45, 2.75) is 12.8 Å². The average Bonchev–Trinajstić information content (AvgIpc) is 2.52. The molecule has 3 nitrogen and oxygen atoms in total. The van der Waals surface area contributed by atoms with E-state index in [0.29, 0.717) is 5.33 Å². The summed E-state index contributed by atoms with van der Waals surface area (Å²) in [6.45, 7) is 0.815. The minimum atomic E-state index is 0.121. The second kappa shape index (κ2) is 4.66. The summed E-state index contributed by atoms with van der Waals surface area (Å²) in [5.74, 6) is 0.121. The number of rotatable bonds is 1. The molecule has 0 radical (unpaired) electrons. The van der Waals surface area contributed by atoms with Crippen LogP contribution in [0.4, 0.5) is 0 Å². The maximum atomic E-state index is 11.7. The van der Waals surface area contributed by atoms with Crippen LogP contribution in [0.25, 0.3) is 0 Å². The minimum absolute atomic E-state index is 0.121. The lowest BCUT2D eigenvalue weighted by Crippen LogP contribution is -2.36. The molecule has 2 aliphatic heterocycles. The van der Waals surface area contributed by atoms with Crippen LogP contribution in [0.5, 0.6) is 0 Å². The molecule has 0 fully saturated rings. The molecule has 0 spiro atoms. The Morgan fingerprint density at radius 1 is 1.53 bits per heavy atom. The normalized spacial score (nSPS) is 19.7. The number of hydrogen-bond acceptors (Lipinski definition) is 2. The summed E-state index contributed by atoms with van der Waals surface area (Å²) < 4.78 is 0. The molecule has 2 rings (SSSR count). The fourth-order valence-electron chi connectivity index (χ4n) is 1.84. The molecule has 2 heterocycles. The number of hydrogen-bond donors (Lipinski definition) is 1. The Morgan fingerprint density at radius 2 is 2.40 bits per heavy atom. The van der Waals surface area contributed by atoms with Crippen molar-refractivity contribution in [3.63, 3.8) is 0 Å². The monoisotopic (exact) mass is 268 g/mol. The first-order valence-corrected chi connectivity index (χ1v) is 6.14. The van der Waals surface area contributed by atoms with Gasteiger partial charge < -0.3 is 10.2 Å². The molecule has 4 heteroatoms. The second-order valence-electron chi connectivity index (χ2n) is 3.51. The highest BCUT2D eigenvalue weighted by Gasteiger charge is 2.22. The number of amides is 1. The standard InChI is InChI=1S/C11H13BrN2O/c12-8-11(15)14-7-3-4-9-10(14)5-1-2-6-13-9/h1-2,5-6,13H,3-4,7-8H2. The van der Waals surface area contributed by atoms with Crippen LogP contribution in [-0.4, -0.2) is 22.7 Å². The van der Waals surface area contributed by atoms with E-state index in [1.54, 1.807) is 0 Å². The van der Waals surface area contributed by atoms with Crippen molar-refractivity contribution < 1.29 is 4.79 Å². The largest absolute Gasteiger partial charge is 0.363 e. The van der Waals surface area contributed by atoms with Crippen molar-refractivity contribution in [3.05, 3.63) is 35.8 Å². The first kappa shape index (κ1) is 10.5. The molecule has 0 aromatic rings.